The van der Waals surface area contributed by atoms with Crippen LogP contribution in [0.25, 0.3) is 11.3 Å². The highest BCUT2D eigenvalue weighted by molar-refractivity contribution is 5.78. The number of aromatic nitrogens is 2. The van der Waals surface area contributed by atoms with E-state index in [1.54, 1.807) is 6.07 Å². The van der Waals surface area contributed by atoms with Crippen LogP contribution in [0.15, 0.2) is 97.3 Å². The van der Waals surface area contributed by atoms with E-state index in [1.165, 1.54) is 6.33 Å². The minimum atomic E-state index is -0.779. The standard InChI is InChI=1S/C27H21N3O2/c28-24(17-22-9-5-2-6-10-22)27(31)32-26-18-25(29-19-30-26)23-15-13-21(14-16-23)12-11-20-7-3-1-4-8-20/h1-10,13-16,18-19,24H,17,28H2/t24-/m0/s1. The van der Waals surface area contributed by atoms with Crippen molar-refractivity contribution in [3.8, 4) is 29.0 Å². The van der Waals surface area contributed by atoms with E-state index in [0.29, 0.717) is 12.1 Å². The molecule has 0 saturated carbocycles. The van der Waals surface area contributed by atoms with E-state index in [2.05, 4.69) is 21.8 Å². The molecule has 0 bridgehead atoms. The van der Waals surface area contributed by atoms with Crippen LogP contribution in [0, 0.1) is 11.8 Å². The van der Waals surface area contributed by atoms with Crippen LogP contribution in [-0.2, 0) is 11.2 Å². The number of hydrogen-bond donors (Lipinski definition) is 1. The molecule has 1 atom stereocenters. The lowest BCUT2D eigenvalue weighted by atomic mass is 10.1. The number of esters is 1. The summed E-state index contributed by atoms with van der Waals surface area (Å²) in [6, 6.07) is 27.9. The Morgan fingerprint density at radius 2 is 1.47 bits per heavy atom. The monoisotopic (exact) mass is 419 g/mol. The van der Waals surface area contributed by atoms with Gasteiger partial charge in [-0.25, -0.2) is 14.8 Å². The van der Waals surface area contributed by atoms with Gasteiger partial charge in [0.1, 0.15) is 12.4 Å². The summed E-state index contributed by atoms with van der Waals surface area (Å²) in [5.74, 6) is 5.90. The number of benzene rings is 3. The molecule has 5 heteroatoms. The van der Waals surface area contributed by atoms with E-state index in [9.17, 15) is 4.79 Å². The summed E-state index contributed by atoms with van der Waals surface area (Å²) in [4.78, 5) is 20.7. The lowest BCUT2D eigenvalue weighted by Gasteiger charge is -2.11. The molecular weight excluding hydrogens is 398 g/mol. The minimum absolute atomic E-state index is 0.163. The molecule has 3 aromatic carbocycles. The Balaban J connectivity index is 1.42. The van der Waals surface area contributed by atoms with E-state index < -0.39 is 12.0 Å². The fraction of sp³-hybridized carbons (Fsp3) is 0.0741. The van der Waals surface area contributed by atoms with Gasteiger partial charge in [-0.3, -0.25) is 0 Å². The molecule has 1 heterocycles. The molecule has 0 radical (unpaired) electrons. The van der Waals surface area contributed by atoms with Gasteiger partial charge in [-0.1, -0.05) is 72.5 Å². The first-order valence-electron chi connectivity index (χ1n) is 10.2. The van der Waals surface area contributed by atoms with Gasteiger partial charge in [0.25, 0.3) is 0 Å². The summed E-state index contributed by atoms with van der Waals surface area (Å²) in [5, 5.41) is 0. The third kappa shape index (κ3) is 5.66. The summed E-state index contributed by atoms with van der Waals surface area (Å²) in [7, 11) is 0. The van der Waals surface area contributed by atoms with Gasteiger partial charge in [0.05, 0.1) is 5.69 Å². The Morgan fingerprint density at radius 3 is 2.16 bits per heavy atom. The molecule has 0 spiro atoms. The molecule has 32 heavy (non-hydrogen) atoms. The summed E-state index contributed by atoms with van der Waals surface area (Å²) < 4.78 is 5.38. The van der Waals surface area contributed by atoms with E-state index >= 15 is 0 Å². The second-order valence-corrected chi connectivity index (χ2v) is 7.15. The number of carbonyl (C=O) groups is 1. The van der Waals surface area contributed by atoms with Crippen LogP contribution in [0.2, 0.25) is 0 Å². The molecule has 2 N–H and O–H groups in total. The molecule has 5 nitrogen and oxygen atoms in total. The smallest absolute Gasteiger partial charge is 0.329 e. The highest BCUT2D eigenvalue weighted by Crippen LogP contribution is 2.20. The molecular formula is C27H21N3O2. The Hall–Kier alpha value is -4.27. The number of rotatable bonds is 5. The molecule has 1 aromatic heterocycles. The van der Waals surface area contributed by atoms with Crippen molar-refractivity contribution in [2.75, 3.05) is 0 Å². The SMILES string of the molecule is N[C@@H](Cc1ccccc1)C(=O)Oc1cc(-c2ccc(C#Cc3ccccc3)cc2)ncn1. The molecule has 0 amide bonds. The molecule has 4 aromatic rings. The maximum atomic E-state index is 12.4. The maximum absolute atomic E-state index is 12.4. The maximum Gasteiger partial charge on any atom is 0.329 e. The van der Waals surface area contributed by atoms with Crippen LogP contribution < -0.4 is 10.5 Å². The first kappa shape index (κ1) is 21.0. The van der Waals surface area contributed by atoms with Crippen LogP contribution >= 0.6 is 0 Å². The Labute approximate surface area is 186 Å². The quantitative estimate of drug-likeness (QED) is 0.391. The first-order valence-corrected chi connectivity index (χ1v) is 10.2. The number of carbonyl (C=O) groups excluding carboxylic acids is 1. The van der Waals surface area contributed by atoms with E-state index in [0.717, 1.165) is 22.3 Å². The normalized spacial score (nSPS) is 11.2. The lowest BCUT2D eigenvalue weighted by Crippen LogP contribution is -2.36. The molecule has 0 aliphatic rings. The lowest BCUT2D eigenvalue weighted by molar-refractivity contribution is -0.136. The fourth-order valence-electron chi connectivity index (χ4n) is 3.07. The van der Waals surface area contributed by atoms with Gasteiger partial charge in [-0.15, -0.1) is 0 Å². The molecule has 0 saturated heterocycles. The molecule has 4 rings (SSSR count). The number of nitrogens with two attached hydrogens (primary N) is 1. The molecule has 156 valence electrons. The second-order valence-electron chi connectivity index (χ2n) is 7.15. The Kier molecular flexibility index (Phi) is 6.66. The van der Waals surface area contributed by atoms with Crippen molar-refractivity contribution >= 4 is 5.97 Å². The third-order valence-electron chi connectivity index (χ3n) is 4.75. The highest BCUT2D eigenvalue weighted by Gasteiger charge is 2.17. The fourth-order valence-corrected chi connectivity index (χ4v) is 3.07. The van der Waals surface area contributed by atoms with E-state index in [-0.39, 0.29) is 5.88 Å². The zero-order chi connectivity index (χ0) is 22.2. The average molecular weight is 419 g/mol. The van der Waals surface area contributed by atoms with E-state index in [4.69, 9.17) is 10.5 Å². The average Bonchev–Trinajstić information content (AvgIpc) is 2.84. The minimum Gasteiger partial charge on any atom is -0.406 e. The van der Waals surface area contributed by atoms with Crippen molar-refractivity contribution in [2.45, 2.75) is 12.5 Å². The Bertz CT molecular complexity index is 1240. The summed E-state index contributed by atoms with van der Waals surface area (Å²) in [6.45, 7) is 0. The van der Waals surface area contributed by atoms with Gasteiger partial charge in [-0.2, -0.15) is 0 Å². The second kappa shape index (κ2) is 10.2. The molecule has 0 fully saturated rings. The van der Waals surface area contributed by atoms with Gasteiger partial charge in [-0.05, 0) is 36.2 Å². The van der Waals surface area contributed by atoms with Crippen LogP contribution in [0.5, 0.6) is 5.88 Å². The number of nitrogens with zero attached hydrogens (tertiary/aromatic N) is 2. The highest BCUT2D eigenvalue weighted by atomic mass is 16.5. The van der Waals surface area contributed by atoms with Crippen molar-refractivity contribution in [1.82, 2.24) is 9.97 Å². The topological polar surface area (TPSA) is 78.1 Å². The van der Waals surface area contributed by atoms with Crippen LogP contribution in [0.3, 0.4) is 0 Å². The van der Waals surface area contributed by atoms with Crippen LogP contribution in [-0.4, -0.2) is 22.0 Å². The van der Waals surface area contributed by atoms with Crippen molar-refractivity contribution < 1.29 is 9.53 Å². The largest absolute Gasteiger partial charge is 0.406 e. The van der Waals surface area contributed by atoms with Gasteiger partial charge < -0.3 is 10.5 Å². The van der Waals surface area contributed by atoms with Crippen molar-refractivity contribution in [1.29, 1.82) is 0 Å². The van der Waals surface area contributed by atoms with Crippen LogP contribution in [0.4, 0.5) is 0 Å². The van der Waals surface area contributed by atoms with Crippen LogP contribution in [0.1, 0.15) is 16.7 Å². The van der Waals surface area contributed by atoms with Gasteiger partial charge >= 0.3 is 5.97 Å². The zero-order valence-electron chi connectivity index (χ0n) is 17.3. The van der Waals surface area contributed by atoms with Crippen molar-refractivity contribution in [2.24, 2.45) is 5.73 Å². The zero-order valence-corrected chi connectivity index (χ0v) is 17.3. The molecule has 0 aliphatic heterocycles. The predicted octanol–water partition coefficient (Wildman–Crippen LogP) is 4.02. The summed E-state index contributed by atoms with van der Waals surface area (Å²) in [6.07, 6.45) is 1.76. The van der Waals surface area contributed by atoms with Crippen molar-refractivity contribution in [3.05, 3.63) is 114 Å². The predicted molar refractivity (Wildman–Crippen MR) is 124 cm³/mol. The van der Waals surface area contributed by atoms with Gasteiger partial charge in [0.2, 0.25) is 5.88 Å². The van der Waals surface area contributed by atoms with Gasteiger partial charge in [0.15, 0.2) is 0 Å². The summed E-state index contributed by atoms with van der Waals surface area (Å²) >= 11 is 0. The first-order chi connectivity index (χ1) is 15.7. The number of ether oxygens (including phenoxy) is 1. The molecule has 0 unspecified atom stereocenters. The van der Waals surface area contributed by atoms with Crippen molar-refractivity contribution in [3.63, 3.8) is 0 Å². The Morgan fingerprint density at radius 1 is 0.844 bits per heavy atom. The molecule has 0 aliphatic carbocycles. The number of hydrogen-bond acceptors (Lipinski definition) is 5. The summed E-state index contributed by atoms with van der Waals surface area (Å²) in [5.41, 5.74) is 10.3. The van der Waals surface area contributed by atoms with E-state index in [1.807, 2.05) is 84.9 Å². The van der Waals surface area contributed by atoms with Gasteiger partial charge in [0, 0.05) is 22.8 Å². The third-order valence-corrected chi connectivity index (χ3v) is 4.75.